The molecule has 13 heteroatoms. The molecule has 2 saturated heterocycles. The first kappa shape index (κ1) is 33.8. The molecule has 5 aliphatic rings. The Labute approximate surface area is 321 Å². The predicted octanol–water partition coefficient (Wildman–Crippen LogP) is 6.97. The number of hydrogen-bond acceptors (Lipinski definition) is 5. The Morgan fingerprint density at radius 3 is 2.61 bits per heavy atom. The summed E-state index contributed by atoms with van der Waals surface area (Å²) in [6.45, 7) is 4.24. The number of allylic oxidation sites excluding steroid dienone is 1. The van der Waals surface area contributed by atoms with Gasteiger partial charge in [-0.15, -0.1) is 0 Å². The number of nitrogens with one attached hydrogen (secondary N) is 1. The van der Waals surface area contributed by atoms with Crippen LogP contribution in [-0.2, 0) is 24.6 Å². The lowest BCUT2D eigenvalue weighted by atomic mass is 9.77. The molecule has 4 atom stereocenters. The van der Waals surface area contributed by atoms with E-state index >= 15 is 4.39 Å². The van der Waals surface area contributed by atoms with Crippen LogP contribution in [0.1, 0.15) is 88.7 Å². The molecule has 6 aromatic rings. The van der Waals surface area contributed by atoms with E-state index < -0.39 is 11.5 Å². The van der Waals surface area contributed by atoms with E-state index in [1.54, 1.807) is 66.9 Å². The van der Waals surface area contributed by atoms with Gasteiger partial charge in [0.15, 0.2) is 5.82 Å². The Kier molecular flexibility index (Phi) is 7.22. The molecule has 1 spiro atoms. The summed E-state index contributed by atoms with van der Waals surface area (Å²) in [5, 5.41) is 9.60. The van der Waals surface area contributed by atoms with Crippen LogP contribution < -0.4 is 5.69 Å². The summed E-state index contributed by atoms with van der Waals surface area (Å²) in [6, 6.07) is 8.37. The van der Waals surface area contributed by atoms with Gasteiger partial charge in [-0.25, -0.2) is 18.3 Å². The van der Waals surface area contributed by atoms with E-state index in [2.05, 4.69) is 22.2 Å². The van der Waals surface area contributed by atoms with Gasteiger partial charge in [0.2, 0.25) is 0 Å². The van der Waals surface area contributed by atoms with Crippen molar-refractivity contribution in [1.29, 1.82) is 0 Å². The Morgan fingerprint density at radius 2 is 1.80 bits per heavy atom. The molecule has 286 valence electrons. The quantitative estimate of drug-likeness (QED) is 0.205. The first-order valence-corrected chi connectivity index (χ1v) is 19.7. The first-order chi connectivity index (χ1) is 27.1. The van der Waals surface area contributed by atoms with Crippen molar-refractivity contribution in [3.05, 3.63) is 116 Å². The van der Waals surface area contributed by atoms with Crippen molar-refractivity contribution in [1.82, 2.24) is 38.6 Å². The average Bonchev–Trinajstić information content (AvgIpc) is 3.68. The maximum absolute atomic E-state index is 16.0. The molecule has 2 bridgehead atoms. The number of imidazole rings is 1. The molecule has 3 aliphatic heterocycles. The van der Waals surface area contributed by atoms with Crippen LogP contribution in [0.2, 0.25) is 0 Å². The van der Waals surface area contributed by atoms with Crippen molar-refractivity contribution < 1.29 is 18.3 Å². The molecule has 1 amide bonds. The fraction of sp³-hybridized carbons (Fsp3) is 0.395. The molecule has 7 heterocycles. The predicted molar refractivity (Wildman–Crippen MR) is 205 cm³/mol. The van der Waals surface area contributed by atoms with Crippen LogP contribution >= 0.6 is 0 Å². The number of carbonyl (C=O) groups is 1. The van der Waals surface area contributed by atoms with Crippen molar-refractivity contribution in [3.63, 3.8) is 0 Å². The van der Waals surface area contributed by atoms with Crippen LogP contribution in [0.25, 0.3) is 34.2 Å². The largest absolute Gasteiger partial charge is 0.375 e. The summed E-state index contributed by atoms with van der Waals surface area (Å²) in [5.74, 6) is 0.533. The van der Waals surface area contributed by atoms with Crippen molar-refractivity contribution in [2.24, 2.45) is 18.9 Å². The van der Waals surface area contributed by atoms with Crippen LogP contribution in [-0.4, -0.2) is 62.7 Å². The van der Waals surface area contributed by atoms with Crippen molar-refractivity contribution in [2.45, 2.75) is 82.9 Å². The monoisotopic (exact) mass is 756 g/mol. The van der Waals surface area contributed by atoms with Crippen LogP contribution in [0.4, 0.5) is 8.78 Å². The number of benzene rings is 2. The van der Waals surface area contributed by atoms with Gasteiger partial charge in [-0.3, -0.25) is 18.6 Å². The van der Waals surface area contributed by atoms with Gasteiger partial charge in [-0.1, -0.05) is 6.08 Å². The van der Waals surface area contributed by atoms with Crippen LogP contribution in [0.3, 0.4) is 0 Å². The molecule has 1 saturated carbocycles. The highest BCUT2D eigenvalue weighted by Crippen LogP contribution is 2.51. The van der Waals surface area contributed by atoms with Gasteiger partial charge in [0, 0.05) is 49.8 Å². The number of halogens is 2. The first-order valence-electron chi connectivity index (χ1n) is 19.7. The molecule has 1 unspecified atom stereocenters. The number of aryl methyl sites for hydroxylation is 3. The normalized spacial score (nSPS) is 23.3. The molecule has 0 radical (unpaired) electrons. The molecular formula is C43H42F2N8O3. The van der Waals surface area contributed by atoms with Crippen LogP contribution in [0.5, 0.6) is 0 Å². The summed E-state index contributed by atoms with van der Waals surface area (Å²) >= 11 is 0. The average molecular weight is 757 g/mol. The summed E-state index contributed by atoms with van der Waals surface area (Å²) in [4.78, 5) is 34.6. The summed E-state index contributed by atoms with van der Waals surface area (Å²) in [6.07, 6.45) is 16.5. The molecule has 3 fully saturated rings. The number of aromatic amines is 1. The van der Waals surface area contributed by atoms with E-state index in [0.717, 1.165) is 49.2 Å². The third-order valence-electron chi connectivity index (χ3n) is 13.3. The summed E-state index contributed by atoms with van der Waals surface area (Å²) in [5.41, 5.74) is 6.10. The Bertz CT molecular complexity index is 2700. The van der Waals surface area contributed by atoms with E-state index in [1.165, 1.54) is 33.7 Å². The highest BCUT2D eigenvalue weighted by Gasteiger charge is 2.50. The van der Waals surface area contributed by atoms with Gasteiger partial charge in [0.25, 0.3) is 5.91 Å². The van der Waals surface area contributed by atoms with Gasteiger partial charge in [0.1, 0.15) is 17.3 Å². The van der Waals surface area contributed by atoms with Gasteiger partial charge < -0.3 is 14.6 Å². The zero-order valence-electron chi connectivity index (χ0n) is 31.6. The number of ether oxygens (including phenoxy) is 1. The SMILES string of the molecule is Cc1cc(-n2nc3c(c2-n2ccn(-c4ccc5c(cnn5C)c4F)c2=O)[C@H]2CC[C@@H](C3)N2C(=O)c2cc3c([nH]2)C=CC([C@H]2CCOC4(CC4)C2)C3)cc(C)c1F. The third-order valence-corrected chi connectivity index (χ3v) is 13.3. The minimum atomic E-state index is -0.555. The number of fused-ring (bicyclic) bond motifs is 6. The second-order valence-corrected chi connectivity index (χ2v) is 16.7. The Balaban J connectivity index is 0.984. The highest BCUT2D eigenvalue weighted by atomic mass is 19.1. The number of carbonyl (C=O) groups excluding carboxylic acids is 1. The number of hydrogen-bond donors (Lipinski definition) is 1. The fourth-order valence-electron chi connectivity index (χ4n) is 10.3. The maximum Gasteiger partial charge on any atom is 0.338 e. The Hall–Kier alpha value is -5.56. The fourth-order valence-corrected chi connectivity index (χ4v) is 10.3. The topological polar surface area (TPSA) is 108 Å². The lowest BCUT2D eigenvalue weighted by molar-refractivity contribution is -0.0364. The number of aromatic nitrogens is 7. The van der Waals surface area contributed by atoms with E-state index in [-0.39, 0.29) is 35.1 Å². The maximum atomic E-state index is 16.0. The highest BCUT2D eigenvalue weighted by molar-refractivity contribution is 5.94. The number of H-pyrrole nitrogens is 1. The van der Waals surface area contributed by atoms with Gasteiger partial charge in [-0.05, 0) is 124 Å². The molecule has 11 nitrogen and oxygen atoms in total. The minimum Gasteiger partial charge on any atom is -0.375 e. The van der Waals surface area contributed by atoms with E-state index in [1.807, 2.05) is 11.0 Å². The zero-order chi connectivity index (χ0) is 38.2. The number of rotatable bonds is 5. The smallest absolute Gasteiger partial charge is 0.338 e. The lowest BCUT2D eigenvalue weighted by Crippen LogP contribution is -2.42. The van der Waals surface area contributed by atoms with Crippen LogP contribution in [0, 0.1) is 37.3 Å². The summed E-state index contributed by atoms with van der Waals surface area (Å²) in [7, 11) is 1.74. The minimum absolute atomic E-state index is 0.0740. The van der Waals surface area contributed by atoms with E-state index in [4.69, 9.17) is 9.84 Å². The molecule has 56 heavy (non-hydrogen) atoms. The third kappa shape index (κ3) is 4.95. The molecule has 2 aromatic carbocycles. The van der Waals surface area contributed by atoms with E-state index in [0.29, 0.717) is 63.9 Å². The van der Waals surface area contributed by atoms with Crippen molar-refractivity contribution in [3.8, 4) is 17.2 Å². The molecule has 4 aromatic heterocycles. The van der Waals surface area contributed by atoms with Crippen molar-refractivity contribution >= 4 is 22.9 Å². The van der Waals surface area contributed by atoms with E-state index in [9.17, 15) is 14.0 Å². The number of amides is 1. The van der Waals surface area contributed by atoms with Gasteiger partial charge >= 0.3 is 5.69 Å². The molecule has 11 rings (SSSR count). The standard InChI is InChI=1S/C43H42F2N8O3/c1-23-16-29(17-24(2)38(23)44)53-40(51-14-13-50(42(51)55)36-9-8-34-30(39(36)45)22-46-49(34)3)37-32(48-53)20-28-5-7-35(37)52(28)41(54)33-19-27-18-25(4-6-31(27)47-33)26-10-15-56-43(21-26)11-12-43/h4,6,8-9,13-14,16-17,19,22,25-26,28,35,47H,5,7,10-12,15,18,20-21H2,1-3H3/t25?,26-,28-,35+/m0/s1. The summed E-state index contributed by atoms with van der Waals surface area (Å²) < 4.78 is 43.1. The molecular weight excluding hydrogens is 715 g/mol. The molecule has 2 aliphatic carbocycles. The Morgan fingerprint density at radius 1 is 1.00 bits per heavy atom. The van der Waals surface area contributed by atoms with Gasteiger partial charge in [-0.2, -0.15) is 10.2 Å². The second kappa shape index (κ2) is 12.0. The second-order valence-electron chi connectivity index (χ2n) is 16.7. The lowest BCUT2D eigenvalue weighted by Gasteiger charge is -2.35. The zero-order valence-corrected chi connectivity index (χ0v) is 31.6. The molecule has 1 N–H and O–H groups in total. The number of nitrogens with zero attached hydrogens (tertiary/aromatic N) is 7. The van der Waals surface area contributed by atoms with Gasteiger partial charge in [0.05, 0.1) is 45.8 Å². The van der Waals surface area contributed by atoms with Crippen molar-refractivity contribution in [2.75, 3.05) is 6.61 Å². The van der Waals surface area contributed by atoms with Crippen LogP contribution in [0.15, 0.2) is 59.8 Å².